The van der Waals surface area contributed by atoms with Gasteiger partial charge in [-0.3, -0.25) is 4.57 Å². The Labute approximate surface area is 160 Å². The van der Waals surface area contributed by atoms with Crippen molar-refractivity contribution in [2.24, 2.45) is 4.40 Å². The maximum Gasteiger partial charge on any atom is 0.380 e. The lowest BCUT2D eigenvalue weighted by molar-refractivity contribution is -0.212. The molecule has 0 saturated heterocycles. The van der Waals surface area contributed by atoms with Crippen LogP contribution in [0.2, 0.25) is 0 Å². The molecule has 148 valence electrons. The number of nitrogens with two attached hydrogens (primary N) is 1. The normalized spacial score (nSPS) is 12.5. The van der Waals surface area contributed by atoms with Crippen molar-refractivity contribution in [1.29, 1.82) is 0 Å². The second kappa shape index (κ2) is 8.29. The van der Waals surface area contributed by atoms with Crippen molar-refractivity contribution in [2.45, 2.75) is 13.7 Å². The molecule has 0 atom stereocenters. The van der Waals surface area contributed by atoms with Crippen molar-refractivity contribution in [3.8, 4) is 0 Å². The van der Waals surface area contributed by atoms with Crippen molar-refractivity contribution in [2.75, 3.05) is 18.9 Å². The number of nitrogen functional groups attached to an aromatic ring is 1. The first-order chi connectivity index (χ1) is 13.4. The van der Waals surface area contributed by atoms with Gasteiger partial charge in [-0.1, -0.05) is 24.3 Å². The van der Waals surface area contributed by atoms with Gasteiger partial charge in [0.05, 0.1) is 19.5 Å². The minimum absolute atomic E-state index is 0.0512. The maximum absolute atomic E-state index is 12.0. The number of benzene rings is 1. The summed E-state index contributed by atoms with van der Waals surface area (Å²) in [5.41, 5.74) is 7.43. The summed E-state index contributed by atoms with van der Waals surface area (Å²) in [6.07, 6.45) is 2.78. The summed E-state index contributed by atoms with van der Waals surface area (Å²) in [5, 5.41) is 12.0. The van der Waals surface area contributed by atoms with E-state index in [1.807, 2.05) is 0 Å². The lowest BCUT2D eigenvalue weighted by Gasteiger charge is -2.13. The fourth-order valence-corrected chi connectivity index (χ4v) is 2.98. The second-order valence-corrected chi connectivity index (χ2v) is 6.92. The first-order valence-corrected chi connectivity index (χ1v) is 9.45. The van der Waals surface area contributed by atoms with E-state index in [1.54, 1.807) is 29.7 Å². The van der Waals surface area contributed by atoms with Gasteiger partial charge in [0.1, 0.15) is 18.6 Å². The van der Waals surface area contributed by atoms with E-state index in [0.717, 1.165) is 0 Å². The minimum Gasteiger partial charge on any atom is -0.858 e. The van der Waals surface area contributed by atoms with Gasteiger partial charge in [-0.2, -0.15) is 12.8 Å². The lowest BCUT2D eigenvalue weighted by atomic mass is 10.1. The predicted molar refractivity (Wildman–Crippen MR) is 98.3 cm³/mol. The Bertz CT molecular complexity index is 1110. The van der Waals surface area contributed by atoms with E-state index in [0.29, 0.717) is 16.7 Å². The van der Waals surface area contributed by atoms with Crippen molar-refractivity contribution in [3.05, 3.63) is 48.0 Å². The number of hydrogen-bond acceptors (Lipinski definition) is 9. The number of fused-ring (bicyclic) bond motifs is 1. The summed E-state index contributed by atoms with van der Waals surface area (Å²) in [6.45, 7) is 1.36. The fraction of sp³-hybridized carbons (Fsp3) is 0.250. The van der Waals surface area contributed by atoms with Crippen LogP contribution in [0.5, 0.6) is 0 Å². The van der Waals surface area contributed by atoms with Gasteiger partial charge in [0, 0.05) is 5.90 Å². The minimum atomic E-state index is -4.38. The molecule has 3 aromatic rings. The maximum atomic E-state index is 12.0. The Morgan fingerprint density at radius 2 is 2.04 bits per heavy atom. The van der Waals surface area contributed by atoms with E-state index in [-0.39, 0.29) is 31.3 Å². The van der Waals surface area contributed by atoms with E-state index in [1.165, 1.54) is 18.7 Å². The highest BCUT2D eigenvalue weighted by atomic mass is 32.2. The average Bonchev–Trinajstić information content (AvgIpc) is 3.06. The number of aromatic nitrogens is 4. The Balaban J connectivity index is 1.52. The summed E-state index contributed by atoms with van der Waals surface area (Å²) < 4.78 is 38.4. The topological polar surface area (TPSA) is 158 Å². The molecule has 0 unspecified atom stereocenters. The highest BCUT2D eigenvalue weighted by molar-refractivity contribution is 7.85. The Morgan fingerprint density at radius 3 is 2.82 bits per heavy atom. The molecule has 2 heterocycles. The molecule has 0 aliphatic rings. The monoisotopic (exact) mass is 405 g/mol. The zero-order chi connectivity index (χ0) is 20.1. The van der Waals surface area contributed by atoms with Crippen LogP contribution in [0.3, 0.4) is 0 Å². The van der Waals surface area contributed by atoms with Crippen molar-refractivity contribution < 1.29 is 22.4 Å². The van der Waals surface area contributed by atoms with Gasteiger partial charge in [-0.25, -0.2) is 19.1 Å². The zero-order valence-corrected chi connectivity index (χ0v) is 15.7. The van der Waals surface area contributed by atoms with Crippen LogP contribution in [0.25, 0.3) is 11.2 Å². The number of anilines is 1. The third-order valence-electron chi connectivity index (χ3n) is 3.69. The average molecular weight is 405 g/mol. The van der Waals surface area contributed by atoms with Crippen LogP contribution in [0.4, 0.5) is 5.82 Å². The fourth-order valence-electron chi connectivity index (χ4n) is 2.34. The second-order valence-electron chi connectivity index (χ2n) is 5.64. The van der Waals surface area contributed by atoms with Crippen LogP contribution in [0.1, 0.15) is 11.1 Å². The summed E-state index contributed by atoms with van der Waals surface area (Å²) in [7, 11) is -4.38. The summed E-state index contributed by atoms with van der Waals surface area (Å²) in [5.74, 6) is -0.640. The molecule has 0 bridgehead atoms. The van der Waals surface area contributed by atoms with E-state index < -0.39 is 16.2 Å². The molecule has 28 heavy (non-hydrogen) atoms. The standard InChI is InChI=1S/C16H18N6O5S/c1-11-4-2-3-5-12(11)16(23)21-28(24,25)27-7-6-26-10-22-9-20-13-14(17)18-8-19-15(13)22/h2-5,8-9H,6-7,10H2,1H3,(H,21,23)(H2,17,18,19)/p-1. The third-order valence-corrected chi connectivity index (χ3v) is 4.54. The van der Waals surface area contributed by atoms with Gasteiger partial charge in [-0.15, -0.1) is 0 Å². The van der Waals surface area contributed by atoms with Gasteiger partial charge >= 0.3 is 10.3 Å². The summed E-state index contributed by atoms with van der Waals surface area (Å²) >= 11 is 0. The molecule has 0 spiro atoms. The van der Waals surface area contributed by atoms with Crippen molar-refractivity contribution in [1.82, 2.24) is 19.5 Å². The van der Waals surface area contributed by atoms with Crippen LogP contribution in [0, 0.1) is 6.92 Å². The van der Waals surface area contributed by atoms with Gasteiger partial charge in [0.2, 0.25) is 0 Å². The van der Waals surface area contributed by atoms with Gasteiger partial charge < -0.3 is 15.6 Å². The molecule has 2 N–H and O–H groups in total. The SMILES string of the molecule is Cc1ccccc1/C([O-])=N/S(=O)(=O)OCCOCn1cnc2c(N)ncnc21. The van der Waals surface area contributed by atoms with E-state index in [4.69, 9.17) is 10.5 Å². The van der Waals surface area contributed by atoms with E-state index in [2.05, 4.69) is 23.5 Å². The quantitative estimate of drug-likeness (QED) is 0.303. The van der Waals surface area contributed by atoms with Crippen LogP contribution in [-0.4, -0.2) is 47.0 Å². The largest absolute Gasteiger partial charge is 0.858 e. The molecular formula is C16H17N6O5S-. The predicted octanol–water partition coefficient (Wildman–Crippen LogP) is -0.240. The lowest BCUT2D eigenvalue weighted by Crippen LogP contribution is -2.23. The number of imidazole rings is 1. The molecule has 0 aliphatic heterocycles. The smallest absolute Gasteiger partial charge is 0.380 e. The van der Waals surface area contributed by atoms with Gasteiger partial charge in [-0.05, 0) is 18.1 Å². The highest BCUT2D eigenvalue weighted by Gasteiger charge is 2.10. The Hall–Kier alpha value is -3.09. The molecule has 0 radical (unpaired) electrons. The number of nitrogens with zero attached hydrogens (tertiary/aromatic N) is 5. The highest BCUT2D eigenvalue weighted by Crippen LogP contribution is 2.14. The molecule has 1 aromatic carbocycles. The number of rotatable bonds is 8. The molecular weight excluding hydrogens is 388 g/mol. The number of ether oxygens (including phenoxy) is 1. The number of aryl methyl sites for hydroxylation is 1. The molecule has 0 fully saturated rings. The Kier molecular flexibility index (Phi) is 5.82. The van der Waals surface area contributed by atoms with Gasteiger partial charge in [0.15, 0.2) is 11.5 Å². The first kappa shape index (κ1) is 19.7. The van der Waals surface area contributed by atoms with E-state index >= 15 is 0 Å². The number of hydrogen-bond donors (Lipinski definition) is 1. The molecule has 11 nitrogen and oxygen atoms in total. The van der Waals surface area contributed by atoms with Crippen molar-refractivity contribution >= 4 is 33.2 Å². The van der Waals surface area contributed by atoms with E-state index in [9.17, 15) is 13.5 Å². The zero-order valence-electron chi connectivity index (χ0n) is 14.8. The van der Waals surface area contributed by atoms with Crippen LogP contribution in [0.15, 0.2) is 41.3 Å². The van der Waals surface area contributed by atoms with Gasteiger partial charge in [0.25, 0.3) is 0 Å². The van der Waals surface area contributed by atoms with Crippen LogP contribution < -0.4 is 10.8 Å². The van der Waals surface area contributed by atoms with Crippen molar-refractivity contribution in [3.63, 3.8) is 0 Å². The molecule has 0 amide bonds. The van der Waals surface area contributed by atoms with Crippen LogP contribution >= 0.6 is 0 Å². The molecule has 12 heteroatoms. The first-order valence-electron chi connectivity index (χ1n) is 8.09. The van der Waals surface area contributed by atoms with Crippen LogP contribution in [-0.2, 0) is 26.0 Å². The molecule has 0 saturated carbocycles. The molecule has 3 rings (SSSR count). The Morgan fingerprint density at radius 1 is 1.25 bits per heavy atom. The molecule has 0 aliphatic carbocycles. The summed E-state index contributed by atoms with van der Waals surface area (Å²) in [4.78, 5) is 12.0. The third kappa shape index (κ3) is 4.60. The summed E-state index contributed by atoms with van der Waals surface area (Å²) in [6, 6.07) is 6.53. The molecule has 2 aromatic heterocycles.